The van der Waals surface area contributed by atoms with E-state index in [-0.39, 0.29) is 5.91 Å². The highest BCUT2D eigenvalue weighted by Crippen LogP contribution is 2.17. The lowest BCUT2D eigenvalue weighted by Gasteiger charge is -2.36. The Balaban J connectivity index is 1.99. The van der Waals surface area contributed by atoms with Crippen LogP contribution in [0.15, 0.2) is 24.3 Å². The van der Waals surface area contributed by atoms with Gasteiger partial charge in [0, 0.05) is 44.8 Å². The normalized spacial score (nSPS) is 15.8. The van der Waals surface area contributed by atoms with Crippen LogP contribution in [-0.4, -0.2) is 74.2 Å². The first-order chi connectivity index (χ1) is 13.4. The van der Waals surface area contributed by atoms with Crippen LogP contribution in [0.1, 0.15) is 49.9 Å². The zero-order valence-electron chi connectivity index (χ0n) is 17.3. The van der Waals surface area contributed by atoms with Crippen molar-refractivity contribution in [3.05, 3.63) is 29.8 Å². The van der Waals surface area contributed by atoms with E-state index in [0.29, 0.717) is 50.6 Å². The van der Waals surface area contributed by atoms with Crippen LogP contribution in [0.3, 0.4) is 0 Å². The number of methoxy groups -OCH3 is 1. The molecule has 158 valence electrons. The Morgan fingerprint density at radius 1 is 1.00 bits per heavy atom. The maximum absolute atomic E-state index is 13.0. The van der Waals surface area contributed by atoms with Crippen LogP contribution in [0, 0.1) is 0 Å². The number of carbonyl (C=O) groups excluding carboxylic acids is 1. The molecule has 2 rings (SSSR count). The molecule has 0 atom stereocenters. The molecule has 0 unspecified atom stereocenters. The summed E-state index contributed by atoms with van der Waals surface area (Å²) in [7, 11) is -1.90. The third-order valence-electron chi connectivity index (χ3n) is 5.04. The van der Waals surface area contributed by atoms with Gasteiger partial charge >= 0.3 is 0 Å². The molecular weight excluding hydrogens is 378 g/mol. The van der Waals surface area contributed by atoms with Crippen molar-refractivity contribution in [2.75, 3.05) is 46.4 Å². The van der Waals surface area contributed by atoms with Gasteiger partial charge in [-0.25, -0.2) is 0 Å². The van der Waals surface area contributed by atoms with E-state index in [1.54, 1.807) is 40.6 Å². The van der Waals surface area contributed by atoms with Crippen molar-refractivity contribution < 1.29 is 17.9 Å². The Labute approximate surface area is 169 Å². The number of piperazine rings is 1. The largest absolute Gasteiger partial charge is 0.497 e. The molecule has 28 heavy (non-hydrogen) atoms. The Morgan fingerprint density at radius 2 is 1.54 bits per heavy atom. The van der Waals surface area contributed by atoms with Gasteiger partial charge in [0.15, 0.2) is 0 Å². The van der Waals surface area contributed by atoms with E-state index in [0.717, 1.165) is 25.7 Å². The van der Waals surface area contributed by atoms with Crippen molar-refractivity contribution in [2.24, 2.45) is 0 Å². The first-order valence-corrected chi connectivity index (χ1v) is 11.5. The summed E-state index contributed by atoms with van der Waals surface area (Å²) in [5, 5.41) is 0. The van der Waals surface area contributed by atoms with Crippen molar-refractivity contribution in [2.45, 2.75) is 39.5 Å². The summed E-state index contributed by atoms with van der Waals surface area (Å²) >= 11 is 0. The fraction of sp³-hybridized carbons (Fsp3) is 0.650. The topological polar surface area (TPSA) is 70.2 Å². The highest BCUT2D eigenvalue weighted by Gasteiger charge is 2.33. The molecule has 1 aromatic carbocycles. The van der Waals surface area contributed by atoms with Gasteiger partial charge in [-0.05, 0) is 37.1 Å². The smallest absolute Gasteiger partial charge is 0.282 e. The van der Waals surface area contributed by atoms with E-state index in [1.165, 1.54) is 4.31 Å². The summed E-state index contributed by atoms with van der Waals surface area (Å²) in [6, 6.07) is 6.99. The van der Waals surface area contributed by atoms with Gasteiger partial charge in [0.25, 0.3) is 16.1 Å². The van der Waals surface area contributed by atoms with E-state index in [2.05, 4.69) is 13.8 Å². The second-order valence-electron chi connectivity index (χ2n) is 7.03. The molecule has 0 N–H and O–H groups in total. The molecule has 8 heteroatoms. The second-order valence-corrected chi connectivity index (χ2v) is 8.96. The van der Waals surface area contributed by atoms with E-state index in [9.17, 15) is 13.2 Å². The van der Waals surface area contributed by atoms with Crippen molar-refractivity contribution in [1.82, 2.24) is 13.5 Å². The van der Waals surface area contributed by atoms with Gasteiger partial charge in [-0.3, -0.25) is 4.79 Å². The first-order valence-electron chi connectivity index (χ1n) is 10.1. The average Bonchev–Trinajstić information content (AvgIpc) is 2.73. The van der Waals surface area contributed by atoms with Crippen molar-refractivity contribution in [1.29, 1.82) is 0 Å². The zero-order valence-corrected chi connectivity index (χ0v) is 18.1. The van der Waals surface area contributed by atoms with E-state index >= 15 is 0 Å². The molecule has 0 bridgehead atoms. The summed E-state index contributed by atoms with van der Waals surface area (Å²) in [6.45, 7) is 6.72. The average molecular weight is 412 g/mol. The SMILES string of the molecule is CCCCN(CCCC)S(=O)(=O)N1CCN(C(=O)c2ccc(OC)cc2)CC1. The van der Waals surface area contributed by atoms with Gasteiger partial charge in [-0.15, -0.1) is 0 Å². The Hall–Kier alpha value is -1.64. The predicted octanol–water partition coefficient (Wildman–Crippen LogP) is 2.60. The number of carbonyl (C=O) groups is 1. The maximum Gasteiger partial charge on any atom is 0.282 e. The number of hydrogen-bond donors (Lipinski definition) is 0. The quantitative estimate of drug-likeness (QED) is 0.593. The molecule has 1 aliphatic rings. The van der Waals surface area contributed by atoms with Crippen molar-refractivity contribution in [3.63, 3.8) is 0 Å². The Bertz CT molecular complexity index is 705. The van der Waals surface area contributed by atoms with Gasteiger partial charge in [-0.1, -0.05) is 26.7 Å². The molecule has 1 heterocycles. The highest BCUT2D eigenvalue weighted by molar-refractivity contribution is 7.86. The third-order valence-corrected chi connectivity index (χ3v) is 7.07. The molecule has 1 aliphatic heterocycles. The zero-order chi connectivity index (χ0) is 20.6. The number of rotatable bonds is 10. The number of unbranched alkanes of at least 4 members (excludes halogenated alkanes) is 2. The minimum absolute atomic E-state index is 0.0754. The summed E-state index contributed by atoms with van der Waals surface area (Å²) in [6.07, 6.45) is 3.64. The molecule has 0 saturated carbocycles. The van der Waals surface area contributed by atoms with Gasteiger partial charge in [0.05, 0.1) is 7.11 Å². The van der Waals surface area contributed by atoms with Crippen LogP contribution >= 0.6 is 0 Å². The fourth-order valence-corrected chi connectivity index (χ4v) is 4.88. The predicted molar refractivity (Wildman–Crippen MR) is 111 cm³/mol. The molecule has 7 nitrogen and oxygen atoms in total. The van der Waals surface area contributed by atoms with E-state index in [1.807, 2.05) is 0 Å². The molecule has 0 radical (unpaired) electrons. The monoisotopic (exact) mass is 411 g/mol. The summed E-state index contributed by atoms with van der Waals surface area (Å²) < 4.78 is 34.4. The maximum atomic E-state index is 13.0. The van der Waals surface area contributed by atoms with Crippen LogP contribution in [0.5, 0.6) is 5.75 Å². The van der Waals surface area contributed by atoms with Crippen LogP contribution in [0.2, 0.25) is 0 Å². The Kier molecular flexibility index (Phi) is 8.72. The van der Waals surface area contributed by atoms with Crippen LogP contribution in [0.25, 0.3) is 0 Å². The van der Waals surface area contributed by atoms with E-state index in [4.69, 9.17) is 4.74 Å². The minimum atomic E-state index is -3.48. The molecule has 0 spiro atoms. The highest BCUT2D eigenvalue weighted by atomic mass is 32.2. The second kappa shape index (κ2) is 10.8. The fourth-order valence-electron chi connectivity index (χ4n) is 3.21. The van der Waals surface area contributed by atoms with Crippen molar-refractivity contribution in [3.8, 4) is 5.75 Å². The van der Waals surface area contributed by atoms with Gasteiger partial charge in [0.2, 0.25) is 0 Å². The number of ether oxygens (including phenoxy) is 1. The third kappa shape index (κ3) is 5.68. The van der Waals surface area contributed by atoms with Gasteiger partial charge in [-0.2, -0.15) is 17.0 Å². The van der Waals surface area contributed by atoms with Crippen LogP contribution in [0.4, 0.5) is 0 Å². The van der Waals surface area contributed by atoms with Crippen molar-refractivity contribution >= 4 is 16.1 Å². The minimum Gasteiger partial charge on any atom is -0.497 e. The summed E-state index contributed by atoms with van der Waals surface area (Å²) in [4.78, 5) is 14.4. The summed E-state index contributed by atoms with van der Waals surface area (Å²) in [5.74, 6) is 0.625. The molecule has 0 aromatic heterocycles. The number of hydrogen-bond acceptors (Lipinski definition) is 4. The lowest BCUT2D eigenvalue weighted by atomic mass is 10.2. The number of benzene rings is 1. The van der Waals surface area contributed by atoms with Gasteiger partial charge < -0.3 is 9.64 Å². The molecule has 0 aliphatic carbocycles. The van der Waals surface area contributed by atoms with E-state index < -0.39 is 10.2 Å². The number of nitrogens with zero attached hydrogens (tertiary/aromatic N) is 3. The summed E-state index contributed by atoms with van der Waals surface area (Å²) in [5.41, 5.74) is 0.588. The Morgan fingerprint density at radius 3 is 2.00 bits per heavy atom. The standard InChI is InChI=1S/C20H33N3O4S/c1-4-6-12-22(13-7-5-2)28(25,26)23-16-14-21(15-17-23)20(24)18-8-10-19(27-3)11-9-18/h8-11H,4-7,12-17H2,1-3H3. The molecule has 1 saturated heterocycles. The van der Waals surface area contributed by atoms with Crippen LogP contribution < -0.4 is 4.74 Å². The van der Waals surface area contributed by atoms with Crippen LogP contribution in [-0.2, 0) is 10.2 Å². The lowest BCUT2D eigenvalue weighted by Crippen LogP contribution is -2.54. The van der Waals surface area contributed by atoms with Gasteiger partial charge in [0.1, 0.15) is 5.75 Å². The molecule has 1 amide bonds. The lowest BCUT2D eigenvalue weighted by molar-refractivity contribution is 0.0694. The molecule has 1 aromatic rings. The molecular formula is C20H33N3O4S. The molecule has 1 fully saturated rings. The number of amides is 1. The first kappa shape index (κ1) is 22.6.